The molecule has 246 valence electrons. The van der Waals surface area contributed by atoms with E-state index in [2.05, 4.69) is 27.2 Å². The lowest BCUT2D eigenvalue weighted by molar-refractivity contribution is -0.139. The molecule has 7 rings (SSSR count). The second-order valence-electron chi connectivity index (χ2n) is 13.5. The Kier molecular flexibility index (Phi) is 7.97. The zero-order valence-corrected chi connectivity index (χ0v) is 25.9. The first kappa shape index (κ1) is 31.5. The van der Waals surface area contributed by atoms with Crippen LogP contribution < -0.4 is 5.32 Å². The number of amides is 3. The molecule has 1 spiro atoms. The average Bonchev–Trinajstić information content (AvgIpc) is 3.60. The van der Waals surface area contributed by atoms with Gasteiger partial charge >= 0.3 is 6.18 Å². The van der Waals surface area contributed by atoms with Gasteiger partial charge in [-0.05, 0) is 66.3 Å². The van der Waals surface area contributed by atoms with Gasteiger partial charge in [0.25, 0.3) is 5.91 Å². The van der Waals surface area contributed by atoms with E-state index in [0.717, 1.165) is 48.3 Å². The summed E-state index contributed by atoms with van der Waals surface area (Å²) in [6.45, 7) is 3.91. The summed E-state index contributed by atoms with van der Waals surface area (Å²) in [5.74, 6) is -1.07. The Morgan fingerprint density at radius 2 is 1.51 bits per heavy atom. The second-order valence-corrected chi connectivity index (χ2v) is 13.5. The number of carbonyl (C=O) groups is 3. The number of imide groups is 1. The molecule has 0 aromatic heterocycles. The zero-order chi connectivity index (χ0) is 33.0. The minimum atomic E-state index is -4.39. The minimum absolute atomic E-state index is 0.173. The molecular weight excluding hydrogens is 609 g/mol. The summed E-state index contributed by atoms with van der Waals surface area (Å²) in [7, 11) is 0. The zero-order valence-electron chi connectivity index (χ0n) is 25.9. The van der Waals surface area contributed by atoms with Gasteiger partial charge in [0.2, 0.25) is 11.8 Å². The number of hydrogen-bond acceptors (Lipinski definition) is 6. The Morgan fingerprint density at radius 3 is 2.17 bits per heavy atom. The summed E-state index contributed by atoms with van der Waals surface area (Å²) in [6, 6.07) is 20.2. The Hall–Kier alpha value is -4.06. The van der Waals surface area contributed by atoms with E-state index < -0.39 is 34.7 Å². The van der Waals surface area contributed by atoms with Crippen LogP contribution >= 0.6 is 0 Å². The maximum atomic E-state index is 13.4. The molecule has 3 amide bonds. The van der Waals surface area contributed by atoms with Crippen LogP contribution in [0.25, 0.3) is 0 Å². The molecule has 3 aromatic carbocycles. The van der Waals surface area contributed by atoms with Crippen LogP contribution in [0.5, 0.6) is 0 Å². The number of nitrogens with one attached hydrogen (secondary N) is 1. The third kappa shape index (κ3) is 5.85. The quantitative estimate of drug-likeness (QED) is 0.385. The largest absolute Gasteiger partial charge is 0.416 e. The van der Waals surface area contributed by atoms with Gasteiger partial charge in [-0.25, -0.2) is 0 Å². The lowest BCUT2D eigenvalue weighted by atomic mass is 9.63. The van der Waals surface area contributed by atoms with Crippen molar-refractivity contribution in [2.24, 2.45) is 5.41 Å². The van der Waals surface area contributed by atoms with E-state index in [9.17, 15) is 32.7 Å². The fourth-order valence-corrected chi connectivity index (χ4v) is 8.10. The Morgan fingerprint density at radius 1 is 0.851 bits per heavy atom. The van der Waals surface area contributed by atoms with Crippen LogP contribution in [0.2, 0.25) is 0 Å². The first-order chi connectivity index (χ1) is 22.4. The molecule has 3 saturated heterocycles. The number of hydrogen-bond donors (Lipinski definition) is 2. The van der Waals surface area contributed by atoms with Crippen LogP contribution in [0.4, 0.5) is 13.2 Å². The van der Waals surface area contributed by atoms with Crippen LogP contribution in [0.15, 0.2) is 72.8 Å². The van der Waals surface area contributed by atoms with Crippen LogP contribution in [-0.2, 0) is 41.0 Å². The molecule has 4 aliphatic heterocycles. The monoisotopic (exact) mass is 646 g/mol. The van der Waals surface area contributed by atoms with E-state index in [1.165, 1.54) is 22.6 Å². The molecule has 2 N–H and O–H groups in total. The molecule has 3 fully saturated rings. The highest BCUT2D eigenvalue weighted by atomic mass is 19.4. The Bertz CT molecular complexity index is 1700. The smallest absolute Gasteiger partial charge is 0.384 e. The van der Waals surface area contributed by atoms with Gasteiger partial charge < -0.3 is 10.0 Å². The molecule has 0 bridgehead atoms. The van der Waals surface area contributed by atoms with Crippen LogP contribution in [0, 0.1) is 5.41 Å². The molecular formula is C36H37F3N4O4. The second kappa shape index (κ2) is 11.9. The van der Waals surface area contributed by atoms with Gasteiger partial charge in [0, 0.05) is 56.7 Å². The molecule has 0 radical (unpaired) electrons. The molecule has 8 nitrogen and oxygen atoms in total. The molecule has 3 aromatic rings. The van der Waals surface area contributed by atoms with E-state index in [0.29, 0.717) is 38.2 Å². The van der Waals surface area contributed by atoms with Crippen molar-refractivity contribution in [3.8, 4) is 0 Å². The maximum absolute atomic E-state index is 13.4. The highest BCUT2D eigenvalue weighted by Gasteiger charge is 2.57. The van der Waals surface area contributed by atoms with E-state index in [1.807, 2.05) is 30.3 Å². The van der Waals surface area contributed by atoms with Gasteiger partial charge in [0.15, 0.2) is 0 Å². The topological polar surface area (TPSA) is 93.2 Å². The van der Waals surface area contributed by atoms with E-state index >= 15 is 0 Å². The third-order valence-electron chi connectivity index (χ3n) is 10.6. The van der Waals surface area contributed by atoms with Gasteiger partial charge in [-0.1, -0.05) is 54.6 Å². The Labute approximate surface area is 271 Å². The lowest BCUT2D eigenvalue weighted by Crippen LogP contribution is -2.59. The SMILES string of the molecule is O=C1CCC(N2Cc3cc([C@]4(O)CCN(Cc5ccc(C(F)(F)F)cc5)CC45CCN(Cc4ccccc4)C5)ccc3C2=O)C(=O)N1. The average molecular weight is 647 g/mol. The summed E-state index contributed by atoms with van der Waals surface area (Å²) in [4.78, 5) is 43.7. The highest BCUT2D eigenvalue weighted by Crippen LogP contribution is 2.52. The fourth-order valence-electron chi connectivity index (χ4n) is 8.10. The van der Waals surface area contributed by atoms with Crippen molar-refractivity contribution in [1.82, 2.24) is 20.0 Å². The standard InChI is InChI=1S/C36H37F3N4O4/c37-36(38,39)27-8-6-25(7-9-27)20-42-17-15-35(47,34(23-42)14-16-41(22-34)19-24-4-2-1-3-5-24)28-10-11-29-26(18-28)21-43(33(29)46)30-12-13-31(44)40-32(30)45/h1-11,18,30,47H,12-17,19-23H2,(H,40,44,45)/t30?,34?,35-/m1/s1. The summed E-state index contributed by atoms with van der Waals surface area (Å²) in [5, 5.41) is 15.1. The number of aliphatic hydroxyl groups is 1. The third-order valence-corrected chi connectivity index (χ3v) is 10.6. The summed E-state index contributed by atoms with van der Waals surface area (Å²) >= 11 is 0. The molecule has 0 saturated carbocycles. The van der Waals surface area contributed by atoms with E-state index in [4.69, 9.17) is 0 Å². The van der Waals surface area contributed by atoms with Crippen LogP contribution in [0.1, 0.15) is 63.9 Å². The number of carbonyl (C=O) groups excluding carboxylic acids is 3. The van der Waals surface area contributed by atoms with Crippen molar-refractivity contribution >= 4 is 17.7 Å². The molecule has 4 heterocycles. The van der Waals surface area contributed by atoms with Crippen molar-refractivity contribution in [3.05, 3.63) is 106 Å². The molecule has 11 heteroatoms. The van der Waals surface area contributed by atoms with Crippen LogP contribution in [0.3, 0.4) is 0 Å². The van der Waals surface area contributed by atoms with E-state index in [-0.39, 0.29) is 31.2 Å². The van der Waals surface area contributed by atoms with Crippen molar-refractivity contribution in [2.45, 2.75) is 63.1 Å². The minimum Gasteiger partial charge on any atom is -0.384 e. The van der Waals surface area contributed by atoms with Gasteiger partial charge in [-0.3, -0.25) is 29.5 Å². The van der Waals surface area contributed by atoms with E-state index in [1.54, 1.807) is 6.07 Å². The van der Waals surface area contributed by atoms with Crippen molar-refractivity contribution in [1.29, 1.82) is 0 Å². The van der Waals surface area contributed by atoms with Gasteiger partial charge in [-0.2, -0.15) is 13.2 Å². The first-order valence-corrected chi connectivity index (χ1v) is 16.1. The van der Waals surface area contributed by atoms with Crippen LogP contribution in [-0.4, -0.2) is 69.7 Å². The normalized spacial score (nSPS) is 27.0. The number of piperidine rings is 2. The maximum Gasteiger partial charge on any atom is 0.416 e. The molecule has 4 aliphatic rings. The Balaban J connectivity index is 1.16. The predicted octanol–water partition coefficient (Wildman–Crippen LogP) is 4.45. The number of halogens is 3. The lowest BCUT2D eigenvalue weighted by Gasteiger charge is -2.52. The molecule has 47 heavy (non-hydrogen) atoms. The summed E-state index contributed by atoms with van der Waals surface area (Å²) in [5.41, 5.74) is 1.44. The summed E-state index contributed by atoms with van der Waals surface area (Å²) in [6.07, 6.45) is -2.81. The van der Waals surface area contributed by atoms with Crippen molar-refractivity contribution < 1.29 is 32.7 Å². The molecule has 0 aliphatic carbocycles. The van der Waals surface area contributed by atoms with Crippen molar-refractivity contribution in [2.75, 3.05) is 26.2 Å². The molecule has 2 unspecified atom stereocenters. The number of nitrogens with zero attached hydrogens (tertiary/aromatic N) is 3. The highest BCUT2D eigenvalue weighted by molar-refractivity contribution is 6.05. The first-order valence-electron chi connectivity index (χ1n) is 16.1. The predicted molar refractivity (Wildman–Crippen MR) is 166 cm³/mol. The number of likely N-dealkylation sites (tertiary alicyclic amines) is 2. The summed E-state index contributed by atoms with van der Waals surface area (Å²) < 4.78 is 39.5. The number of rotatable bonds is 6. The fraction of sp³-hybridized carbons (Fsp3) is 0.417. The molecule has 3 atom stereocenters. The number of fused-ring (bicyclic) bond motifs is 1. The van der Waals surface area contributed by atoms with Gasteiger partial charge in [-0.15, -0.1) is 0 Å². The van der Waals surface area contributed by atoms with Crippen molar-refractivity contribution in [3.63, 3.8) is 0 Å². The number of benzene rings is 3. The van der Waals surface area contributed by atoms with Gasteiger partial charge in [0.1, 0.15) is 6.04 Å². The van der Waals surface area contributed by atoms with Gasteiger partial charge in [0.05, 0.1) is 11.2 Å². The number of alkyl halides is 3.